The number of carbonyl (C=O) groups is 2. The fraction of sp³-hybridized carbons (Fsp3) is 0.143. The summed E-state index contributed by atoms with van der Waals surface area (Å²) in [5, 5.41) is 7.46. The third-order valence-corrected chi connectivity index (χ3v) is 4.04. The Morgan fingerprint density at radius 3 is 2.31 bits per heavy atom. The van der Waals surface area contributed by atoms with Crippen LogP contribution in [0.1, 0.15) is 15.9 Å². The zero-order valence-electron chi connectivity index (χ0n) is 14.2. The number of fused-ring (bicyclic) bond motifs is 1. The lowest BCUT2D eigenvalue weighted by Gasteiger charge is -2.09. The fourth-order valence-electron chi connectivity index (χ4n) is 2.75. The number of rotatable bonds is 6. The summed E-state index contributed by atoms with van der Waals surface area (Å²) in [7, 11) is 0. The molecule has 0 aliphatic rings. The first kappa shape index (κ1) is 17.6. The molecule has 2 N–H and O–H groups in total. The van der Waals surface area contributed by atoms with E-state index in [4.69, 9.17) is 0 Å². The average molecular weight is 350 g/mol. The lowest BCUT2D eigenvalue weighted by atomic mass is 10.0. The standard InChI is InChI=1S/C21H19FN2O2/c22-17-10-8-15(9-11-17)14-20(25)23-12-13-24-21(26)19-7-3-5-16-4-1-2-6-18(16)19/h1-11H,12-14H2,(H,23,25)(H,24,26). The van der Waals surface area contributed by atoms with E-state index in [1.165, 1.54) is 12.1 Å². The van der Waals surface area contributed by atoms with Gasteiger partial charge in [-0.15, -0.1) is 0 Å². The van der Waals surface area contributed by atoms with Gasteiger partial charge in [-0.1, -0.05) is 48.5 Å². The summed E-state index contributed by atoms with van der Waals surface area (Å²) < 4.78 is 12.8. The quantitative estimate of drug-likeness (QED) is 0.671. The zero-order chi connectivity index (χ0) is 18.4. The highest BCUT2D eigenvalue weighted by Gasteiger charge is 2.09. The molecule has 0 spiro atoms. The SMILES string of the molecule is O=C(Cc1ccc(F)cc1)NCCNC(=O)c1cccc2ccccc12. The molecule has 3 rings (SSSR count). The molecule has 0 unspecified atom stereocenters. The predicted octanol–water partition coefficient (Wildman–Crippen LogP) is 3.07. The molecule has 0 radical (unpaired) electrons. The second-order valence-electron chi connectivity index (χ2n) is 5.94. The monoisotopic (exact) mass is 350 g/mol. The largest absolute Gasteiger partial charge is 0.354 e. The summed E-state index contributed by atoms with van der Waals surface area (Å²) in [6.45, 7) is 0.660. The highest BCUT2D eigenvalue weighted by Crippen LogP contribution is 2.18. The van der Waals surface area contributed by atoms with Crippen molar-refractivity contribution < 1.29 is 14.0 Å². The first-order valence-corrected chi connectivity index (χ1v) is 8.40. The molecule has 0 aliphatic carbocycles. The van der Waals surface area contributed by atoms with Gasteiger partial charge >= 0.3 is 0 Å². The highest BCUT2D eigenvalue weighted by molar-refractivity contribution is 6.07. The summed E-state index contributed by atoms with van der Waals surface area (Å²) in [5.74, 6) is -0.670. The van der Waals surface area contributed by atoms with Crippen LogP contribution < -0.4 is 10.6 Å². The van der Waals surface area contributed by atoms with Crippen molar-refractivity contribution in [2.75, 3.05) is 13.1 Å². The maximum absolute atomic E-state index is 12.8. The Labute approximate surface area is 151 Å². The van der Waals surface area contributed by atoms with Gasteiger partial charge in [-0.2, -0.15) is 0 Å². The molecule has 0 aliphatic heterocycles. The summed E-state index contributed by atoms with van der Waals surface area (Å²) in [5.41, 5.74) is 1.35. The van der Waals surface area contributed by atoms with Gasteiger partial charge in [0.1, 0.15) is 5.82 Å². The summed E-state index contributed by atoms with van der Waals surface area (Å²) in [6, 6.07) is 19.1. The summed E-state index contributed by atoms with van der Waals surface area (Å²) in [4.78, 5) is 24.2. The van der Waals surface area contributed by atoms with E-state index in [0.717, 1.165) is 16.3 Å². The molecule has 26 heavy (non-hydrogen) atoms. The number of nitrogens with one attached hydrogen (secondary N) is 2. The van der Waals surface area contributed by atoms with Gasteiger partial charge in [0, 0.05) is 18.7 Å². The van der Waals surface area contributed by atoms with Gasteiger partial charge < -0.3 is 10.6 Å². The minimum atomic E-state index is -0.328. The molecule has 4 nitrogen and oxygen atoms in total. The van der Waals surface area contributed by atoms with Crippen molar-refractivity contribution in [2.24, 2.45) is 0 Å². The molecule has 3 aromatic rings. The van der Waals surface area contributed by atoms with Crippen molar-refractivity contribution in [1.82, 2.24) is 10.6 Å². The summed E-state index contributed by atoms with van der Waals surface area (Å²) in [6.07, 6.45) is 0.178. The molecule has 0 aromatic heterocycles. The Bertz CT molecular complexity index is 917. The van der Waals surface area contributed by atoms with E-state index < -0.39 is 0 Å². The van der Waals surface area contributed by atoms with E-state index in [1.54, 1.807) is 18.2 Å². The van der Waals surface area contributed by atoms with E-state index in [2.05, 4.69) is 10.6 Å². The van der Waals surface area contributed by atoms with Gasteiger partial charge in [0.05, 0.1) is 6.42 Å². The lowest BCUT2D eigenvalue weighted by molar-refractivity contribution is -0.120. The normalized spacial score (nSPS) is 10.5. The second kappa shape index (κ2) is 8.25. The van der Waals surface area contributed by atoms with E-state index in [1.807, 2.05) is 36.4 Å². The molecule has 0 bridgehead atoms. The third-order valence-electron chi connectivity index (χ3n) is 4.04. The van der Waals surface area contributed by atoms with Crippen LogP contribution in [0.15, 0.2) is 66.7 Å². The maximum Gasteiger partial charge on any atom is 0.251 e. The van der Waals surface area contributed by atoms with Crippen LogP contribution in [-0.4, -0.2) is 24.9 Å². The topological polar surface area (TPSA) is 58.2 Å². The second-order valence-corrected chi connectivity index (χ2v) is 5.94. The molecule has 5 heteroatoms. The van der Waals surface area contributed by atoms with Gasteiger partial charge in [0.2, 0.25) is 5.91 Å². The molecular weight excluding hydrogens is 331 g/mol. The molecular formula is C21H19FN2O2. The molecule has 2 amide bonds. The average Bonchev–Trinajstić information content (AvgIpc) is 2.66. The van der Waals surface area contributed by atoms with Crippen molar-refractivity contribution in [1.29, 1.82) is 0 Å². The van der Waals surface area contributed by atoms with Crippen LogP contribution in [0.2, 0.25) is 0 Å². The predicted molar refractivity (Wildman–Crippen MR) is 99.4 cm³/mol. The zero-order valence-corrected chi connectivity index (χ0v) is 14.2. The van der Waals surface area contributed by atoms with Crippen LogP contribution in [-0.2, 0) is 11.2 Å². The van der Waals surface area contributed by atoms with Crippen LogP contribution in [0.25, 0.3) is 10.8 Å². The van der Waals surface area contributed by atoms with E-state index in [0.29, 0.717) is 18.7 Å². The van der Waals surface area contributed by atoms with Gasteiger partial charge in [-0.25, -0.2) is 4.39 Å². The van der Waals surface area contributed by atoms with E-state index >= 15 is 0 Å². The van der Waals surface area contributed by atoms with Crippen LogP contribution in [0.5, 0.6) is 0 Å². The smallest absolute Gasteiger partial charge is 0.251 e. The number of halogens is 1. The number of carbonyl (C=O) groups excluding carboxylic acids is 2. The van der Waals surface area contributed by atoms with Gasteiger partial charge in [-0.05, 0) is 34.5 Å². The van der Waals surface area contributed by atoms with Crippen LogP contribution in [0, 0.1) is 5.82 Å². The Kier molecular flexibility index (Phi) is 5.59. The molecule has 0 saturated carbocycles. The Morgan fingerprint density at radius 2 is 1.50 bits per heavy atom. The van der Waals surface area contributed by atoms with Crippen molar-refractivity contribution in [2.45, 2.75) is 6.42 Å². The van der Waals surface area contributed by atoms with Gasteiger partial charge in [-0.3, -0.25) is 9.59 Å². The van der Waals surface area contributed by atoms with Crippen molar-refractivity contribution in [3.05, 3.63) is 83.7 Å². The number of amides is 2. The first-order valence-electron chi connectivity index (χ1n) is 8.40. The Balaban J connectivity index is 1.48. The van der Waals surface area contributed by atoms with Crippen molar-refractivity contribution >= 4 is 22.6 Å². The molecule has 0 heterocycles. The number of benzene rings is 3. The van der Waals surface area contributed by atoms with E-state index in [9.17, 15) is 14.0 Å². The first-order chi connectivity index (χ1) is 12.6. The maximum atomic E-state index is 12.8. The third kappa shape index (κ3) is 4.45. The van der Waals surface area contributed by atoms with Gasteiger partial charge in [0.15, 0.2) is 0 Å². The van der Waals surface area contributed by atoms with Crippen molar-refractivity contribution in [3.63, 3.8) is 0 Å². The van der Waals surface area contributed by atoms with Crippen molar-refractivity contribution in [3.8, 4) is 0 Å². The highest BCUT2D eigenvalue weighted by atomic mass is 19.1. The molecule has 0 atom stereocenters. The minimum absolute atomic E-state index is 0.170. The summed E-state index contributed by atoms with van der Waals surface area (Å²) >= 11 is 0. The minimum Gasteiger partial charge on any atom is -0.354 e. The molecule has 0 saturated heterocycles. The fourth-order valence-corrected chi connectivity index (χ4v) is 2.75. The van der Waals surface area contributed by atoms with E-state index in [-0.39, 0.29) is 24.1 Å². The number of hydrogen-bond acceptors (Lipinski definition) is 2. The van der Waals surface area contributed by atoms with Gasteiger partial charge in [0.25, 0.3) is 5.91 Å². The lowest BCUT2D eigenvalue weighted by Crippen LogP contribution is -2.35. The van der Waals surface area contributed by atoms with Crippen LogP contribution in [0.4, 0.5) is 4.39 Å². The molecule has 3 aromatic carbocycles. The van der Waals surface area contributed by atoms with Crippen LogP contribution in [0.3, 0.4) is 0 Å². The number of hydrogen-bond donors (Lipinski definition) is 2. The Hall–Kier alpha value is -3.21. The Morgan fingerprint density at radius 1 is 0.808 bits per heavy atom. The van der Waals surface area contributed by atoms with Crippen LogP contribution >= 0.6 is 0 Å². The molecule has 0 fully saturated rings. The molecule has 132 valence electrons.